The van der Waals surface area contributed by atoms with E-state index in [1.54, 1.807) is 34.0 Å². The van der Waals surface area contributed by atoms with Gasteiger partial charge in [-0.3, -0.25) is 19.2 Å². The average molecular weight is 898 g/mol. The molecule has 360 valence electrons. The lowest BCUT2D eigenvalue weighted by Crippen LogP contribution is -2.61. The molecule has 0 aromatic heterocycles. The third-order valence-electron chi connectivity index (χ3n) is 14.5. The molecular weight excluding hydrogens is 819 g/mol. The minimum absolute atomic E-state index is 0.0258. The van der Waals surface area contributed by atoms with E-state index in [0.717, 1.165) is 18.4 Å². The highest BCUT2D eigenvalue weighted by atomic mass is 16.6. The lowest BCUT2D eigenvalue weighted by Gasteiger charge is -2.42. The maximum Gasteiger partial charge on any atom is 0.329 e. The van der Waals surface area contributed by atoms with Crippen LogP contribution in [0.25, 0.3) is 0 Å². The Balaban J connectivity index is 1.70. The summed E-state index contributed by atoms with van der Waals surface area (Å²) in [5.74, 6) is -7.55. The number of aliphatic hydroxyl groups excluding tert-OH is 2. The van der Waals surface area contributed by atoms with Crippen LogP contribution in [0.1, 0.15) is 132 Å². The molecular formula is C51H79NO12. The van der Waals surface area contributed by atoms with Crippen LogP contribution in [0.5, 0.6) is 0 Å². The maximum absolute atomic E-state index is 14.3. The van der Waals surface area contributed by atoms with Crippen molar-refractivity contribution in [1.82, 2.24) is 4.90 Å². The fraction of sp³-hybridized carbons (Fsp3) is 0.745. The fourth-order valence-electron chi connectivity index (χ4n) is 10.2. The predicted octanol–water partition coefficient (Wildman–Crippen LogP) is 6.80. The van der Waals surface area contributed by atoms with Crippen molar-refractivity contribution in [3.05, 3.63) is 47.6 Å². The van der Waals surface area contributed by atoms with E-state index in [9.17, 15) is 39.3 Å². The van der Waals surface area contributed by atoms with Gasteiger partial charge >= 0.3 is 5.97 Å². The van der Waals surface area contributed by atoms with Crippen molar-refractivity contribution in [2.45, 2.75) is 181 Å². The zero-order chi connectivity index (χ0) is 47.5. The number of methoxy groups -OCH3 is 2. The average Bonchev–Trinajstić information content (AvgIpc) is 3.26. The molecule has 2 saturated heterocycles. The zero-order valence-electron chi connectivity index (χ0n) is 40.2. The summed E-state index contributed by atoms with van der Waals surface area (Å²) in [6.45, 7) is 14.8. The first-order valence-electron chi connectivity index (χ1n) is 23.9. The van der Waals surface area contributed by atoms with Crippen LogP contribution in [0.2, 0.25) is 0 Å². The monoisotopic (exact) mass is 898 g/mol. The molecule has 4 aliphatic rings. The largest absolute Gasteiger partial charge is 0.460 e. The Bertz CT molecular complexity index is 1740. The first-order chi connectivity index (χ1) is 30.2. The second-order valence-electron chi connectivity index (χ2n) is 19.8. The molecule has 1 aliphatic carbocycles. The second-order valence-corrected chi connectivity index (χ2v) is 19.8. The Labute approximate surface area is 382 Å². The molecule has 4 rings (SSSR count). The van der Waals surface area contributed by atoms with Crippen LogP contribution < -0.4 is 0 Å². The molecule has 13 heteroatoms. The summed E-state index contributed by atoms with van der Waals surface area (Å²) in [6, 6.07) is -1.12. The molecule has 0 radical (unpaired) electrons. The van der Waals surface area contributed by atoms with Gasteiger partial charge in [0.05, 0.1) is 18.3 Å². The number of piperidine rings is 1. The number of amides is 1. The molecule has 2 bridgehead atoms. The highest BCUT2D eigenvalue weighted by Gasteiger charge is 2.53. The Morgan fingerprint density at radius 2 is 1.58 bits per heavy atom. The van der Waals surface area contributed by atoms with Crippen LogP contribution in [0.15, 0.2) is 47.6 Å². The molecule has 3 heterocycles. The van der Waals surface area contributed by atoms with E-state index < -0.39 is 77.8 Å². The van der Waals surface area contributed by atoms with Crippen molar-refractivity contribution in [1.29, 1.82) is 0 Å². The van der Waals surface area contributed by atoms with Gasteiger partial charge in [-0.15, -0.1) is 0 Å². The van der Waals surface area contributed by atoms with Crippen LogP contribution in [-0.4, -0.2) is 119 Å². The number of hydrogen-bond donors (Lipinski definition) is 3. The van der Waals surface area contributed by atoms with Gasteiger partial charge in [0.2, 0.25) is 5.79 Å². The molecule has 3 aliphatic heterocycles. The van der Waals surface area contributed by atoms with E-state index in [-0.39, 0.29) is 60.7 Å². The van der Waals surface area contributed by atoms with Gasteiger partial charge in [0, 0.05) is 51.4 Å². The van der Waals surface area contributed by atoms with Crippen molar-refractivity contribution in [3.8, 4) is 0 Å². The number of nitrogens with zero attached hydrogens (tertiary/aromatic N) is 1. The first-order valence-corrected chi connectivity index (χ1v) is 23.9. The summed E-state index contributed by atoms with van der Waals surface area (Å²) in [4.78, 5) is 71.7. The van der Waals surface area contributed by atoms with Crippen LogP contribution >= 0.6 is 0 Å². The summed E-state index contributed by atoms with van der Waals surface area (Å²) in [6.07, 6.45) is 12.4. The van der Waals surface area contributed by atoms with E-state index in [2.05, 4.69) is 0 Å². The van der Waals surface area contributed by atoms with Crippen molar-refractivity contribution in [2.75, 3.05) is 20.8 Å². The number of esters is 1. The van der Waals surface area contributed by atoms with Crippen molar-refractivity contribution in [3.63, 3.8) is 0 Å². The van der Waals surface area contributed by atoms with E-state index in [4.69, 9.17) is 18.9 Å². The smallest absolute Gasteiger partial charge is 0.329 e. The minimum Gasteiger partial charge on any atom is -0.460 e. The molecule has 1 unspecified atom stereocenters. The summed E-state index contributed by atoms with van der Waals surface area (Å²) in [5.41, 5.74) is 1.28. The normalized spacial score (nSPS) is 40.9. The highest BCUT2D eigenvalue weighted by molar-refractivity contribution is 6.39. The molecule has 13 nitrogen and oxygen atoms in total. The van der Waals surface area contributed by atoms with Crippen LogP contribution in [-0.2, 0) is 42.9 Å². The molecule has 3 N–H and O–H groups in total. The Morgan fingerprint density at radius 3 is 2.25 bits per heavy atom. The SMILES string of the molecule is CO[C@H]1C[C@@H]2CC[C@@H](C)[C@@](O)(O2)C(=O)C(=O)N2CCCC[C@H]2C(=O)O[C@H]([C@H](C)CC2CC[C@@H](O)[C@H](C)C2)CC(=O)[C@H](C)/C=C(\C)[C@@H](O)[C@@H](OC)C(=O)[C@H](C)C[C@H](C)/C=C/C=C/C=C/1C. The van der Waals surface area contributed by atoms with Gasteiger partial charge in [-0.1, -0.05) is 78.0 Å². The first kappa shape index (κ1) is 53.3. The van der Waals surface area contributed by atoms with Gasteiger partial charge < -0.3 is 39.2 Å². The third kappa shape index (κ3) is 13.9. The Hall–Kier alpha value is -3.33. The highest BCUT2D eigenvalue weighted by Crippen LogP contribution is 2.38. The quantitative estimate of drug-likeness (QED) is 0.149. The molecule has 1 saturated carbocycles. The van der Waals surface area contributed by atoms with Crippen molar-refractivity contribution in [2.24, 2.45) is 41.4 Å². The van der Waals surface area contributed by atoms with Crippen molar-refractivity contribution < 1.29 is 58.2 Å². The molecule has 0 spiro atoms. The number of allylic oxidation sites excluding steroid dienone is 6. The van der Waals surface area contributed by atoms with E-state index in [1.165, 1.54) is 12.0 Å². The standard InChI is InChI=1S/C51H79NO12/c1-30-16-12-11-13-17-31(2)43(61-9)28-39-21-19-37(8)51(60,64-39)48(57)49(58)52-23-15-14-18-40(52)50(59)63-44(34(5)27-38-20-22-41(53)33(4)26-38)29-42(54)32(3)25-36(7)46(56)47(62-10)45(55)35(6)24-30/h11-13,16-17,25,30,32-35,37-41,43-44,46-47,53,56,60H,14-15,18-24,26-29H2,1-10H3/b13-11+,16-12+,31-17+,36-25+/t30-,32-,33-,34-,35-,37-,38?,39+,40+,41-,43+,44+,46-,47+,51-/m1/s1. The number of hydrogen-bond acceptors (Lipinski definition) is 12. The maximum atomic E-state index is 14.3. The predicted molar refractivity (Wildman–Crippen MR) is 244 cm³/mol. The van der Waals surface area contributed by atoms with Crippen LogP contribution in [0.4, 0.5) is 0 Å². The minimum atomic E-state index is -2.42. The number of fused-ring (bicyclic) bond motifs is 3. The number of rotatable bonds is 5. The molecule has 1 amide bonds. The van der Waals surface area contributed by atoms with Crippen LogP contribution in [0.3, 0.4) is 0 Å². The second kappa shape index (κ2) is 24.4. The lowest BCUT2D eigenvalue weighted by molar-refractivity contribution is -0.265. The summed E-state index contributed by atoms with van der Waals surface area (Å²) in [5, 5.41) is 33.8. The number of Topliss-reactive ketones (excluding diaryl/α,β-unsaturated/α-hetero) is 3. The number of carbonyl (C=O) groups is 5. The number of aliphatic hydroxyl groups is 3. The van der Waals surface area contributed by atoms with Gasteiger partial charge in [0.1, 0.15) is 30.1 Å². The molecule has 64 heavy (non-hydrogen) atoms. The summed E-state index contributed by atoms with van der Waals surface area (Å²) < 4.78 is 23.8. The molecule has 0 aromatic rings. The Kier molecular flexibility index (Phi) is 20.4. The van der Waals surface area contributed by atoms with E-state index >= 15 is 0 Å². The molecule has 3 fully saturated rings. The van der Waals surface area contributed by atoms with Gasteiger partial charge in [-0.2, -0.15) is 0 Å². The number of cyclic esters (lactones) is 1. The number of ketones is 3. The van der Waals surface area contributed by atoms with E-state index in [0.29, 0.717) is 56.9 Å². The molecule has 15 atom stereocenters. The van der Waals surface area contributed by atoms with Crippen molar-refractivity contribution >= 4 is 29.2 Å². The van der Waals surface area contributed by atoms with E-state index in [1.807, 2.05) is 65.0 Å². The summed E-state index contributed by atoms with van der Waals surface area (Å²) in [7, 11) is 2.96. The van der Waals surface area contributed by atoms with Gasteiger partial charge in [-0.05, 0) is 113 Å². The lowest BCUT2D eigenvalue weighted by atomic mass is 9.75. The topological polar surface area (TPSA) is 186 Å². The Morgan fingerprint density at radius 1 is 0.859 bits per heavy atom. The van der Waals surface area contributed by atoms with Gasteiger partial charge in [-0.25, -0.2) is 4.79 Å². The van der Waals surface area contributed by atoms with Crippen LogP contribution in [0, 0.1) is 41.4 Å². The zero-order valence-corrected chi connectivity index (χ0v) is 40.2. The van der Waals surface area contributed by atoms with Gasteiger partial charge in [0.15, 0.2) is 5.78 Å². The fourth-order valence-corrected chi connectivity index (χ4v) is 10.2. The number of ether oxygens (including phenoxy) is 4. The molecule has 0 aromatic carbocycles. The summed E-state index contributed by atoms with van der Waals surface area (Å²) >= 11 is 0. The number of carbonyl (C=O) groups excluding carboxylic acids is 5. The third-order valence-corrected chi connectivity index (χ3v) is 14.5. The van der Waals surface area contributed by atoms with Gasteiger partial charge in [0.25, 0.3) is 11.7 Å².